The molecule has 0 heterocycles. The molecule has 1 N–H and O–H groups in total. The van der Waals surface area contributed by atoms with Crippen molar-refractivity contribution in [2.75, 3.05) is 23.7 Å². The third-order valence-electron chi connectivity index (χ3n) is 6.61. The van der Waals surface area contributed by atoms with Crippen molar-refractivity contribution in [3.05, 3.63) is 101 Å². The van der Waals surface area contributed by atoms with Crippen LogP contribution in [0.1, 0.15) is 42.5 Å². The van der Waals surface area contributed by atoms with Crippen LogP contribution >= 0.6 is 0 Å². The zero-order valence-electron chi connectivity index (χ0n) is 23.3. The summed E-state index contributed by atoms with van der Waals surface area (Å²) in [6, 6.07) is 23.6. The topological polar surface area (TPSA) is 86.8 Å². The Hall–Kier alpha value is -3.65. The van der Waals surface area contributed by atoms with Gasteiger partial charge in [-0.3, -0.25) is 13.9 Å². The van der Waals surface area contributed by atoms with Crippen LogP contribution in [0.5, 0.6) is 0 Å². The molecule has 0 bridgehead atoms. The summed E-state index contributed by atoms with van der Waals surface area (Å²) in [4.78, 5) is 29.0. The molecular weight excluding hydrogens is 510 g/mol. The van der Waals surface area contributed by atoms with E-state index in [1.165, 1.54) is 4.90 Å². The molecule has 0 radical (unpaired) electrons. The van der Waals surface area contributed by atoms with E-state index in [1.54, 1.807) is 12.1 Å². The molecular formula is C31H39N3O4S. The lowest BCUT2D eigenvalue weighted by Gasteiger charge is -2.33. The lowest BCUT2D eigenvalue weighted by Crippen LogP contribution is -2.53. The minimum Gasteiger partial charge on any atom is -0.354 e. The summed E-state index contributed by atoms with van der Waals surface area (Å²) >= 11 is 0. The monoisotopic (exact) mass is 549 g/mol. The summed E-state index contributed by atoms with van der Waals surface area (Å²) in [6.07, 6.45) is 2.97. The summed E-state index contributed by atoms with van der Waals surface area (Å²) in [7, 11) is -3.78. The first-order valence-corrected chi connectivity index (χ1v) is 15.2. The third kappa shape index (κ3) is 8.68. The van der Waals surface area contributed by atoms with Gasteiger partial charge in [-0.1, -0.05) is 86.1 Å². The van der Waals surface area contributed by atoms with Crippen LogP contribution in [0.2, 0.25) is 0 Å². The second-order valence-corrected chi connectivity index (χ2v) is 11.7. The highest BCUT2D eigenvalue weighted by Gasteiger charge is 2.32. The molecule has 39 heavy (non-hydrogen) atoms. The number of nitrogens with zero attached hydrogens (tertiary/aromatic N) is 2. The normalized spacial score (nSPS) is 12.0. The molecule has 208 valence electrons. The first-order chi connectivity index (χ1) is 18.6. The SMILES string of the molecule is CCCNC(=O)[C@@H](Cc1ccccc1)N(Cc1ccc(C)cc1)C(=O)CN(c1ccc(CC)cc1)S(C)(=O)=O. The molecule has 3 aromatic rings. The number of benzene rings is 3. The first kappa shape index (κ1) is 29.9. The second-order valence-electron chi connectivity index (χ2n) is 9.79. The zero-order chi connectivity index (χ0) is 28.4. The predicted octanol–water partition coefficient (Wildman–Crippen LogP) is 4.49. The highest BCUT2D eigenvalue weighted by Crippen LogP contribution is 2.21. The van der Waals surface area contributed by atoms with Crippen LogP contribution in [0.3, 0.4) is 0 Å². The van der Waals surface area contributed by atoms with Gasteiger partial charge in [-0.05, 0) is 48.6 Å². The maximum atomic E-state index is 14.0. The largest absolute Gasteiger partial charge is 0.354 e. The smallest absolute Gasteiger partial charge is 0.244 e. The number of nitrogens with one attached hydrogen (secondary N) is 1. The van der Waals surface area contributed by atoms with Gasteiger partial charge < -0.3 is 10.2 Å². The molecule has 2 amide bonds. The lowest BCUT2D eigenvalue weighted by molar-refractivity contribution is -0.140. The Bertz CT molecular complexity index is 1320. The molecule has 0 spiro atoms. The highest BCUT2D eigenvalue weighted by atomic mass is 32.2. The summed E-state index contributed by atoms with van der Waals surface area (Å²) < 4.78 is 26.8. The van der Waals surface area contributed by atoms with Crippen molar-refractivity contribution in [3.63, 3.8) is 0 Å². The number of carbonyl (C=O) groups excluding carboxylic acids is 2. The van der Waals surface area contributed by atoms with Crippen molar-refractivity contribution in [3.8, 4) is 0 Å². The molecule has 0 aliphatic rings. The summed E-state index contributed by atoms with van der Waals surface area (Å²) in [5.74, 6) is -0.715. The van der Waals surface area contributed by atoms with E-state index in [-0.39, 0.29) is 12.5 Å². The fourth-order valence-electron chi connectivity index (χ4n) is 4.32. The van der Waals surface area contributed by atoms with E-state index in [1.807, 2.05) is 87.5 Å². The molecule has 0 aromatic heterocycles. The van der Waals surface area contributed by atoms with Gasteiger partial charge in [0.05, 0.1) is 11.9 Å². The van der Waals surface area contributed by atoms with Crippen molar-refractivity contribution in [2.45, 2.75) is 52.6 Å². The molecule has 1 atom stereocenters. The van der Waals surface area contributed by atoms with Crippen LogP contribution < -0.4 is 9.62 Å². The van der Waals surface area contributed by atoms with E-state index < -0.39 is 28.5 Å². The van der Waals surface area contributed by atoms with Gasteiger partial charge in [0, 0.05) is 19.5 Å². The Labute approximate surface area is 232 Å². The minimum atomic E-state index is -3.78. The molecule has 8 heteroatoms. The van der Waals surface area contributed by atoms with E-state index in [4.69, 9.17) is 0 Å². The maximum Gasteiger partial charge on any atom is 0.244 e. The van der Waals surface area contributed by atoms with E-state index >= 15 is 0 Å². The van der Waals surface area contributed by atoms with Crippen molar-refractivity contribution >= 4 is 27.5 Å². The number of hydrogen-bond donors (Lipinski definition) is 1. The van der Waals surface area contributed by atoms with E-state index in [2.05, 4.69) is 5.32 Å². The zero-order valence-corrected chi connectivity index (χ0v) is 24.1. The van der Waals surface area contributed by atoms with Gasteiger partial charge in [-0.2, -0.15) is 0 Å². The molecule has 0 unspecified atom stereocenters. The van der Waals surface area contributed by atoms with Crippen LogP contribution in [0.15, 0.2) is 78.9 Å². The number of sulfonamides is 1. The average Bonchev–Trinajstić information content (AvgIpc) is 2.93. The van der Waals surface area contributed by atoms with Gasteiger partial charge in [-0.25, -0.2) is 8.42 Å². The predicted molar refractivity (Wildman–Crippen MR) is 157 cm³/mol. The highest BCUT2D eigenvalue weighted by molar-refractivity contribution is 7.92. The molecule has 3 rings (SSSR count). The van der Waals surface area contributed by atoms with Crippen molar-refractivity contribution in [1.82, 2.24) is 10.2 Å². The second kappa shape index (κ2) is 13.9. The number of rotatable bonds is 13. The molecule has 0 aliphatic heterocycles. The minimum absolute atomic E-state index is 0.169. The Morgan fingerprint density at radius 1 is 0.846 bits per heavy atom. The molecule has 0 fully saturated rings. The van der Waals surface area contributed by atoms with Crippen molar-refractivity contribution in [2.24, 2.45) is 0 Å². The Balaban J connectivity index is 2.02. The van der Waals surface area contributed by atoms with Crippen LogP contribution in [0, 0.1) is 6.92 Å². The van der Waals surface area contributed by atoms with Gasteiger partial charge in [0.25, 0.3) is 0 Å². The van der Waals surface area contributed by atoms with Crippen molar-refractivity contribution in [1.29, 1.82) is 0 Å². The molecule has 0 saturated carbocycles. The Morgan fingerprint density at radius 3 is 2.03 bits per heavy atom. The van der Waals surface area contributed by atoms with Crippen LogP contribution in [0.25, 0.3) is 0 Å². The fourth-order valence-corrected chi connectivity index (χ4v) is 5.17. The number of carbonyl (C=O) groups is 2. The van der Waals surface area contributed by atoms with Gasteiger partial charge in [0.1, 0.15) is 12.6 Å². The van der Waals surface area contributed by atoms with Gasteiger partial charge in [0.15, 0.2) is 0 Å². The average molecular weight is 550 g/mol. The maximum absolute atomic E-state index is 14.0. The standard InChI is InChI=1S/C31H39N3O4S/c1-5-20-32-31(36)29(21-26-10-8-7-9-11-26)33(22-27-14-12-24(3)13-15-27)30(35)23-34(39(4,37)38)28-18-16-25(6-2)17-19-28/h7-19,29H,5-6,20-23H2,1-4H3,(H,32,36)/t29-/m1/s1. The van der Waals surface area contributed by atoms with Crippen LogP contribution in [0.4, 0.5) is 5.69 Å². The quantitative estimate of drug-likeness (QED) is 0.340. The number of amides is 2. The number of aryl methyl sites for hydroxylation is 2. The van der Waals surface area contributed by atoms with E-state index in [0.717, 1.165) is 45.7 Å². The number of anilines is 1. The first-order valence-electron chi connectivity index (χ1n) is 13.4. The molecule has 7 nitrogen and oxygen atoms in total. The summed E-state index contributed by atoms with van der Waals surface area (Å²) in [6.45, 7) is 6.21. The van der Waals surface area contributed by atoms with Gasteiger partial charge in [-0.15, -0.1) is 0 Å². The summed E-state index contributed by atoms with van der Waals surface area (Å²) in [5, 5.41) is 2.95. The molecule has 0 saturated heterocycles. The van der Waals surface area contributed by atoms with E-state index in [0.29, 0.717) is 18.7 Å². The fraction of sp³-hybridized carbons (Fsp3) is 0.355. The number of hydrogen-bond acceptors (Lipinski definition) is 4. The third-order valence-corrected chi connectivity index (χ3v) is 7.75. The molecule has 0 aliphatic carbocycles. The van der Waals surface area contributed by atoms with Gasteiger partial charge in [0.2, 0.25) is 21.8 Å². The van der Waals surface area contributed by atoms with Crippen molar-refractivity contribution < 1.29 is 18.0 Å². The van der Waals surface area contributed by atoms with E-state index in [9.17, 15) is 18.0 Å². The Kier molecular flexibility index (Phi) is 10.7. The summed E-state index contributed by atoms with van der Waals surface area (Å²) in [5.41, 5.74) is 4.32. The van der Waals surface area contributed by atoms with Crippen LogP contribution in [-0.2, 0) is 39.0 Å². The van der Waals surface area contributed by atoms with Crippen LogP contribution in [-0.4, -0.2) is 50.5 Å². The molecule has 3 aromatic carbocycles. The Morgan fingerprint density at radius 2 is 1.46 bits per heavy atom. The lowest BCUT2D eigenvalue weighted by atomic mass is 10.0. The van der Waals surface area contributed by atoms with Gasteiger partial charge >= 0.3 is 0 Å².